The maximum absolute atomic E-state index is 10.1. The van der Waals surface area contributed by atoms with Gasteiger partial charge < -0.3 is 0 Å². The summed E-state index contributed by atoms with van der Waals surface area (Å²) in [5, 5.41) is 0. The van der Waals surface area contributed by atoms with Crippen LogP contribution in [0.15, 0.2) is 0 Å². The van der Waals surface area contributed by atoms with E-state index in [-0.39, 0.29) is 0 Å². The molecule has 7 heavy (non-hydrogen) atoms. The number of alkyl halides is 1. The summed E-state index contributed by atoms with van der Waals surface area (Å²) in [6.07, 6.45) is 0. The molecule has 1 unspecified atom stereocenters. The van der Waals surface area contributed by atoms with Crippen molar-refractivity contribution in [2.24, 2.45) is 0 Å². The number of halogens is 2. The lowest BCUT2D eigenvalue weighted by molar-refractivity contribution is 0.609. The Balaban J connectivity index is 4.10. The first kappa shape index (κ1) is 7.97. The summed E-state index contributed by atoms with van der Waals surface area (Å²) in [6.45, 7) is 1.52. The fraction of sp³-hybridized carbons (Fsp3) is 1.00. The lowest BCUT2D eigenvalue weighted by atomic mass is 11.0. The summed E-state index contributed by atoms with van der Waals surface area (Å²) >= 11 is 1.73. The zero-order valence-corrected chi connectivity index (χ0v) is 7.29. The molecule has 0 saturated heterocycles. The molecule has 0 bridgehead atoms. The largest absolute Gasteiger partial charge is 0.244 e. The van der Waals surface area contributed by atoms with Crippen LogP contribution in [0.2, 0.25) is 0 Å². The number of rotatable bonds is 1. The van der Waals surface area contributed by atoms with Crippen molar-refractivity contribution < 1.29 is 8.42 Å². The molecule has 0 aliphatic rings. The van der Waals surface area contributed by atoms with Gasteiger partial charge in [0, 0.05) is 10.7 Å². The van der Waals surface area contributed by atoms with Crippen LogP contribution in [-0.4, -0.2) is 11.7 Å². The quantitative estimate of drug-likeness (QED) is 0.402. The lowest BCUT2D eigenvalue weighted by Crippen LogP contribution is -2.00. The molecular weight excluding hydrogens is 250 g/mol. The molecule has 0 spiro atoms. The Morgan fingerprint density at radius 3 is 1.86 bits per heavy atom. The highest BCUT2D eigenvalue weighted by Crippen LogP contribution is 2.12. The SMILES string of the molecule is CC(I)S(=O)(=O)Cl. The monoisotopic (exact) mass is 254 g/mol. The zero-order chi connectivity index (χ0) is 6.08. The zero-order valence-electron chi connectivity index (χ0n) is 3.56. The minimum absolute atomic E-state index is 0.494. The van der Waals surface area contributed by atoms with Crippen molar-refractivity contribution in [3.8, 4) is 0 Å². The molecule has 0 fully saturated rings. The van der Waals surface area contributed by atoms with E-state index >= 15 is 0 Å². The first-order valence-corrected chi connectivity index (χ1v) is 5.14. The van der Waals surface area contributed by atoms with Crippen LogP contribution in [0.4, 0.5) is 0 Å². The molecule has 0 radical (unpaired) electrons. The van der Waals surface area contributed by atoms with Crippen LogP contribution in [0.5, 0.6) is 0 Å². The van der Waals surface area contributed by atoms with Gasteiger partial charge in [-0.15, -0.1) is 0 Å². The van der Waals surface area contributed by atoms with Gasteiger partial charge in [0.05, 0.1) is 0 Å². The van der Waals surface area contributed by atoms with Crippen molar-refractivity contribution in [1.29, 1.82) is 0 Å². The highest BCUT2D eigenvalue weighted by Gasteiger charge is 2.11. The van der Waals surface area contributed by atoms with E-state index in [1.54, 1.807) is 22.6 Å². The average Bonchev–Trinajstić information content (AvgIpc) is 1.31. The van der Waals surface area contributed by atoms with E-state index in [4.69, 9.17) is 10.7 Å². The van der Waals surface area contributed by atoms with Gasteiger partial charge in [0.15, 0.2) is 0 Å². The van der Waals surface area contributed by atoms with Crippen molar-refractivity contribution >= 4 is 42.3 Å². The van der Waals surface area contributed by atoms with Crippen LogP contribution in [0.3, 0.4) is 0 Å². The van der Waals surface area contributed by atoms with Gasteiger partial charge in [-0.3, -0.25) is 0 Å². The normalized spacial score (nSPS) is 16.4. The molecule has 0 aliphatic heterocycles. The predicted octanol–water partition coefficient (Wildman–Crippen LogP) is 1.34. The van der Waals surface area contributed by atoms with E-state index in [9.17, 15) is 8.42 Å². The predicted molar refractivity (Wildman–Crippen MR) is 38.3 cm³/mol. The smallest absolute Gasteiger partial charge is 0.211 e. The van der Waals surface area contributed by atoms with Crippen LogP contribution in [0.25, 0.3) is 0 Å². The molecular formula is C2H4ClIO2S. The molecule has 0 rings (SSSR count). The topological polar surface area (TPSA) is 34.1 Å². The van der Waals surface area contributed by atoms with E-state index in [0.29, 0.717) is 0 Å². The van der Waals surface area contributed by atoms with Crippen molar-refractivity contribution in [3.05, 3.63) is 0 Å². The molecule has 0 saturated carbocycles. The highest BCUT2D eigenvalue weighted by atomic mass is 127. The van der Waals surface area contributed by atoms with E-state index in [1.165, 1.54) is 6.92 Å². The Bertz CT molecular complexity index is 138. The first-order chi connectivity index (χ1) is 2.94. The highest BCUT2D eigenvalue weighted by molar-refractivity contribution is 14.1. The maximum atomic E-state index is 10.1. The minimum atomic E-state index is -3.28. The molecule has 0 aromatic rings. The van der Waals surface area contributed by atoms with Gasteiger partial charge in [-0.25, -0.2) is 8.42 Å². The van der Waals surface area contributed by atoms with Crippen molar-refractivity contribution in [3.63, 3.8) is 0 Å². The summed E-state index contributed by atoms with van der Waals surface area (Å²) in [5.41, 5.74) is 0. The fourth-order valence-electron chi connectivity index (χ4n) is 0. The van der Waals surface area contributed by atoms with Gasteiger partial charge in [-0.2, -0.15) is 0 Å². The molecule has 5 heteroatoms. The van der Waals surface area contributed by atoms with E-state index in [0.717, 1.165) is 0 Å². The second kappa shape index (κ2) is 2.50. The lowest BCUT2D eigenvalue weighted by Gasteiger charge is -1.91. The van der Waals surface area contributed by atoms with Gasteiger partial charge in [0.1, 0.15) is 3.26 Å². The van der Waals surface area contributed by atoms with Crippen LogP contribution in [-0.2, 0) is 9.05 Å². The van der Waals surface area contributed by atoms with Gasteiger partial charge in [-0.1, -0.05) is 22.6 Å². The molecule has 2 nitrogen and oxygen atoms in total. The molecule has 0 aromatic heterocycles. The van der Waals surface area contributed by atoms with E-state index in [2.05, 4.69) is 0 Å². The summed E-state index contributed by atoms with van der Waals surface area (Å²) in [4.78, 5) is 0. The minimum Gasteiger partial charge on any atom is -0.211 e. The summed E-state index contributed by atoms with van der Waals surface area (Å²) in [5.74, 6) is 0. The third-order valence-electron chi connectivity index (χ3n) is 0.388. The Labute approximate surface area is 60.8 Å². The van der Waals surface area contributed by atoms with Crippen LogP contribution < -0.4 is 0 Å². The molecule has 1 atom stereocenters. The van der Waals surface area contributed by atoms with Gasteiger partial charge in [0.2, 0.25) is 9.05 Å². The van der Waals surface area contributed by atoms with Crippen molar-refractivity contribution in [2.75, 3.05) is 0 Å². The third-order valence-corrected chi connectivity index (χ3v) is 4.88. The second-order valence-electron chi connectivity index (χ2n) is 1.02. The Morgan fingerprint density at radius 1 is 1.71 bits per heavy atom. The molecule has 0 heterocycles. The van der Waals surface area contributed by atoms with Crippen molar-refractivity contribution in [2.45, 2.75) is 10.2 Å². The standard InChI is InChI=1S/C2H4ClIO2S/c1-2(4)7(3,5)6/h2H,1H3. The van der Waals surface area contributed by atoms with Crippen LogP contribution >= 0.6 is 33.3 Å². The van der Waals surface area contributed by atoms with Gasteiger partial charge in [-0.05, 0) is 6.92 Å². The third kappa shape index (κ3) is 3.54. The van der Waals surface area contributed by atoms with E-state index in [1.807, 2.05) is 0 Å². The second-order valence-corrected chi connectivity index (χ2v) is 6.68. The van der Waals surface area contributed by atoms with Gasteiger partial charge in [0.25, 0.3) is 0 Å². The first-order valence-electron chi connectivity index (χ1n) is 1.52. The molecule has 0 amide bonds. The number of hydrogen-bond donors (Lipinski definition) is 0. The molecule has 0 aliphatic carbocycles. The Hall–Kier alpha value is 0.970. The van der Waals surface area contributed by atoms with E-state index < -0.39 is 12.3 Å². The summed E-state index contributed by atoms with van der Waals surface area (Å²) in [6, 6.07) is 0. The van der Waals surface area contributed by atoms with Gasteiger partial charge >= 0.3 is 0 Å². The number of hydrogen-bond acceptors (Lipinski definition) is 2. The maximum Gasteiger partial charge on any atom is 0.244 e. The fourth-order valence-corrected chi connectivity index (χ4v) is 0. The van der Waals surface area contributed by atoms with Crippen LogP contribution in [0.1, 0.15) is 6.92 Å². The summed E-state index contributed by atoms with van der Waals surface area (Å²) < 4.78 is 19.7. The molecule has 0 N–H and O–H groups in total. The van der Waals surface area contributed by atoms with Crippen LogP contribution in [0, 0.1) is 0 Å². The van der Waals surface area contributed by atoms with Crippen molar-refractivity contribution in [1.82, 2.24) is 0 Å². The molecule has 44 valence electrons. The summed E-state index contributed by atoms with van der Waals surface area (Å²) in [7, 11) is 1.55. The average molecular weight is 254 g/mol. The Morgan fingerprint density at radius 2 is 1.86 bits per heavy atom. The molecule has 0 aromatic carbocycles. The Kier molecular flexibility index (Phi) is 2.85.